The predicted octanol–water partition coefficient (Wildman–Crippen LogP) is 2.54. The molecule has 0 aliphatic carbocycles. The number of ether oxygens (including phenoxy) is 1. The number of carboxylic acid groups (broad SMARTS) is 1. The first kappa shape index (κ1) is 13.0. The third kappa shape index (κ3) is 2.28. The van der Waals surface area contributed by atoms with Crippen molar-refractivity contribution in [2.75, 3.05) is 11.4 Å². The second-order valence-corrected chi connectivity index (χ2v) is 4.65. The number of anilines is 2. The SMILES string of the molecule is N#Cc1ccccc1N1CC(C(=O)O)Oc2ccccc21. The van der Waals surface area contributed by atoms with Gasteiger partial charge in [-0.3, -0.25) is 0 Å². The summed E-state index contributed by atoms with van der Waals surface area (Å²) in [5, 5.41) is 18.5. The number of para-hydroxylation sites is 3. The molecule has 2 aromatic carbocycles. The molecule has 0 saturated carbocycles. The average Bonchev–Trinajstić information content (AvgIpc) is 2.53. The molecule has 1 unspecified atom stereocenters. The monoisotopic (exact) mass is 280 g/mol. The molecule has 5 nitrogen and oxygen atoms in total. The third-order valence-corrected chi connectivity index (χ3v) is 3.36. The molecule has 1 atom stereocenters. The van der Waals surface area contributed by atoms with E-state index in [1.54, 1.807) is 30.3 Å². The van der Waals surface area contributed by atoms with Crippen LogP contribution in [0.5, 0.6) is 5.75 Å². The van der Waals surface area contributed by atoms with Crippen molar-refractivity contribution < 1.29 is 14.6 Å². The van der Waals surface area contributed by atoms with Gasteiger partial charge in [0.05, 0.1) is 23.5 Å². The number of hydrogen-bond donors (Lipinski definition) is 1. The van der Waals surface area contributed by atoms with Crippen molar-refractivity contribution in [3.8, 4) is 11.8 Å². The molecule has 104 valence electrons. The van der Waals surface area contributed by atoms with Crippen LogP contribution in [0.1, 0.15) is 5.56 Å². The van der Waals surface area contributed by atoms with Gasteiger partial charge in [0.2, 0.25) is 6.10 Å². The van der Waals surface area contributed by atoms with Crippen LogP contribution in [0.25, 0.3) is 0 Å². The second-order valence-electron chi connectivity index (χ2n) is 4.65. The highest BCUT2D eigenvalue weighted by Gasteiger charge is 2.31. The molecule has 5 heteroatoms. The van der Waals surface area contributed by atoms with Crippen LogP contribution in [0, 0.1) is 11.3 Å². The van der Waals surface area contributed by atoms with Gasteiger partial charge in [0.15, 0.2) is 0 Å². The third-order valence-electron chi connectivity index (χ3n) is 3.36. The first-order valence-corrected chi connectivity index (χ1v) is 6.46. The molecule has 0 spiro atoms. The van der Waals surface area contributed by atoms with E-state index in [2.05, 4.69) is 6.07 Å². The fraction of sp³-hybridized carbons (Fsp3) is 0.125. The van der Waals surface area contributed by atoms with E-state index in [0.29, 0.717) is 17.0 Å². The lowest BCUT2D eigenvalue weighted by Crippen LogP contribution is -2.42. The second kappa shape index (κ2) is 5.17. The van der Waals surface area contributed by atoms with E-state index in [4.69, 9.17) is 4.74 Å². The largest absolute Gasteiger partial charge is 0.478 e. The van der Waals surface area contributed by atoms with Gasteiger partial charge in [-0.05, 0) is 24.3 Å². The number of carbonyl (C=O) groups is 1. The van der Waals surface area contributed by atoms with E-state index in [0.717, 1.165) is 5.69 Å². The summed E-state index contributed by atoms with van der Waals surface area (Å²) in [5.74, 6) is -0.521. The Bertz CT molecular complexity index is 736. The molecule has 1 aliphatic heterocycles. The van der Waals surface area contributed by atoms with Crippen LogP contribution < -0.4 is 9.64 Å². The van der Waals surface area contributed by atoms with Crippen molar-refractivity contribution in [1.82, 2.24) is 0 Å². The molecule has 0 fully saturated rings. The molecule has 0 amide bonds. The Morgan fingerprint density at radius 2 is 1.86 bits per heavy atom. The van der Waals surface area contributed by atoms with Gasteiger partial charge < -0.3 is 14.7 Å². The van der Waals surface area contributed by atoms with Gasteiger partial charge in [0.25, 0.3) is 0 Å². The Kier molecular flexibility index (Phi) is 3.20. The van der Waals surface area contributed by atoms with Crippen LogP contribution in [-0.4, -0.2) is 23.7 Å². The quantitative estimate of drug-likeness (QED) is 0.915. The summed E-state index contributed by atoms with van der Waals surface area (Å²) < 4.78 is 5.49. The van der Waals surface area contributed by atoms with E-state index in [1.807, 2.05) is 23.1 Å². The number of fused-ring (bicyclic) bond motifs is 1. The standard InChI is InChI=1S/C16H12N2O3/c17-9-11-5-1-2-6-12(11)18-10-15(16(19)20)21-14-8-4-3-7-13(14)18/h1-8,15H,10H2,(H,19,20). The number of aliphatic carboxylic acids is 1. The van der Waals surface area contributed by atoms with Crippen LogP contribution in [0.15, 0.2) is 48.5 Å². The van der Waals surface area contributed by atoms with Gasteiger partial charge in [0.1, 0.15) is 11.8 Å². The Balaban J connectivity index is 2.13. The molecule has 3 rings (SSSR count). The summed E-state index contributed by atoms with van der Waals surface area (Å²) in [6, 6.07) is 16.5. The van der Waals surface area contributed by atoms with E-state index in [9.17, 15) is 15.2 Å². The van der Waals surface area contributed by atoms with Gasteiger partial charge in [0, 0.05) is 0 Å². The number of carboxylic acids is 1. The fourth-order valence-corrected chi connectivity index (χ4v) is 2.39. The minimum atomic E-state index is -1.02. The van der Waals surface area contributed by atoms with E-state index >= 15 is 0 Å². The van der Waals surface area contributed by atoms with E-state index < -0.39 is 12.1 Å². The van der Waals surface area contributed by atoms with E-state index in [1.165, 1.54) is 0 Å². The minimum Gasteiger partial charge on any atom is -0.478 e. The van der Waals surface area contributed by atoms with Crippen LogP contribution >= 0.6 is 0 Å². The molecule has 0 bridgehead atoms. The molecule has 1 heterocycles. The van der Waals surface area contributed by atoms with E-state index in [-0.39, 0.29) is 6.54 Å². The van der Waals surface area contributed by atoms with Crippen molar-refractivity contribution >= 4 is 17.3 Å². The molecule has 2 aromatic rings. The first-order valence-electron chi connectivity index (χ1n) is 6.46. The maximum absolute atomic E-state index is 11.3. The van der Waals surface area contributed by atoms with Gasteiger partial charge in [-0.2, -0.15) is 5.26 Å². The lowest BCUT2D eigenvalue weighted by Gasteiger charge is -2.34. The number of hydrogen-bond acceptors (Lipinski definition) is 4. The number of nitriles is 1. The maximum Gasteiger partial charge on any atom is 0.346 e. The highest BCUT2D eigenvalue weighted by molar-refractivity contribution is 5.80. The molecular weight excluding hydrogens is 268 g/mol. The molecule has 1 N–H and O–H groups in total. The molecular formula is C16H12N2O3. The van der Waals surface area contributed by atoms with Gasteiger partial charge in [-0.15, -0.1) is 0 Å². The normalized spacial score (nSPS) is 16.5. The smallest absolute Gasteiger partial charge is 0.346 e. The minimum absolute atomic E-state index is 0.158. The predicted molar refractivity (Wildman–Crippen MR) is 76.7 cm³/mol. The average molecular weight is 280 g/mol. The zero-order valence-electron chi connectivity index (χ0n) is 11.1. The van der Waals surface area contributed by atoms with Crippen LogP contribution in [-0.2, 0) is 4.79 Å². The lowest BCUT2D eigenvalue weighted by molar-refractivity contribution is -0.144. The van der Waals surface area contributed by atoms with Crippen molar-refractivity contribution in [3.05, 3.63) is 54.1 Å². The van der Waals surface area contributed by atoms with Gasteiger partial charge in [-0.1, -0.05) is 24.3 Å². The summed E-state index contributed by atoms with van der Waals surface area (Å²) >= 11 is 0. The number of benzene rings is 2. The van der Waals surface area contributed by atoms with Crippen molar-refractivity contribution in [2.45, 2.75) is 6.10 Å². The molecule has 1 aliphatic rings. The van der Waals surface area contributed by atoms with Gasteiger partial charge in [-0.25, -0.2) is 4.79 Å². The van der Waals surface area contributed by atoms with Crippen molar-refractivity contribution in [1.29, 1.82) is 5.26 Å². The summed E-state index contributed by atoms with van der Waals surface area (Å²) in [6.07, 6.45) is -0.966. The Labute approximate surface area is 121 Å². The fourth-order valence-electron chi connectivity index (χ4n) is 2.39. The summed E-state index contributed by atoms with van der Waals surface area (Å²) in [7, 11) is 0. The highest BCUT2D eigenvalue weighted by Crippen LogP contribution is 2.39. The molecule has 0 radical (unpaired) electrons. The molecule has 0 saturated heterocycles. The number of rotatable bonds is 2. The lowest BCUT2D eigenvalue weighted by atomic mass is 10.1. The molecule has 0 aromatic heterocycles. The van der Waals surface area contributed by atoms with Crippen LogP contribution in [0.4, 0.5) is 11.4 Å². The Hall–Kier alpha value is -3.00. The highest BCUT2D eigenvalue weighted by atomic mass is 16.5. The summed E-state index contributed by atoms with van der Waals surface area (Å²) in [5.41, 5.74) is 1.94. The zero-order valence-corrected chi connectivity index (χ0v) is 11.1. The number of nitrogens with zero attached hydrogens (tertiary/aromatic N) is 2. The van der Waals surface area contributed by atoms with Gasteiger partial charge >= 0.3 is 5.97 Å². The summed E-state index contributed by atoms with van der Waals surface area (Å²) in [6.45, 7) is 0.158. The zero-order chi connectivity index (χ0) is 14.8. The summed E-state index contributed by atoms with van der Waals surface area (Å²) in [4.78, 5) is 13.1. The van der Waals surface area contributed by atoms with Crippen LogP contribution in [0.3, 0.4) is 0 Å². The van der Waals surface area contributed by atoms with Crippen LogP contribution in [0.2, 0.25) is 0 Å². The Morgan fingerprint density at radius 3 is 2.57 bits per heavy atom. The topological polar surface area (TPSA) is 73.6 Å². The maximum atomic E-state index is 11.3. The Morgan fingerprint density at radius 1 is 1.19 bits per heavy atom. The van der Waals surface area contributed by atoms with Crippen molar-refractivity contribution in [3.63, 3.8) is 0 Å². The molecule has 21 heavy (non-hydrogen) atoms. The van der Waals surface area contributed by atoms with Crippen molar-refractivity contribution in [2.24, 2.45) is 0 Å². The first-order chi connectivity index (χ1) is 10.2.